The predicted octanol–water partition coefficient (Wildman–Crippen LogP) is 5.58. The van der Waals surface area contributed by atoms with Gasteiger partial charge in [-0.3, -0.25) is 9.29 Å². The van der Waals surface area contributed by atoms with Crippen molar-refractivity contribution in [3.05, 3.63) is 94.6 Å². The molecule has 1 aromatic heterocycles. The zero-order valence-electron chi connectivity index (χ0n) is 19.1. The van der Waals surface area contributed by atoms with Crippen molar-refractivity contribution in [2.45, 2.75) is 18.4 Å². The average Bonchev–Trinajstić information content (AvgIpc) is 2.87. The van der Waals surface area contributed by atoms with Gasteiger partial charge in [-0.05, 0) is 55.0 Å². The number of methoxy groups -OCH3 is 1. The maximum absolute atomic E-state index is 14.1. The number of hydrogen-bond donors (Lipinski definition) is 0. The van der Waals surface area contributed by atoms with Crippen molar-refractivity contribution >= 4 is 48.5 Å². The van der Waals surface area contributed by atoms with E-state index >= 15 is 0 Å². The lowest BCUT2D eigenvalue weighted by Gasteiger charge is -2.27. The van der Waals surface area contributed by atoms with Gasteiger partial charge in [-0.25, -0.2) is 13.2 Å². The minimum atomic E-state index is -4.12. The first-order valence-corrected chi connectivity index (χ1v) is 13.0. The third-order valence-electron chi connectivity index (χ3n) is 5.36. The fourth-order valence-electron chi connectivity index (χ4n) is 3.69. The second-order valence-corrected chi connectivity index (χ2v) is 10.4. The van der Waals surface area contributed by atoms with Crippen LogP contribution in [0.2, 0.25) is 0 Å². The summed E-state index contributed by atoms with van der Waals surface area (Å²) in [6, 6.07) is 20.6. The van der Waals surface area contributed by atoms with E-state index in [-0.39, 0.29) is 29.3 Å². The molecule has 0 bridgehead atoms. The third-order valence-corrected chi connectivity index (χ3v) is 7.62. The van der Waals surface area contributed by atoms with Crippen molar-refractivity contribution in [1.29, 1.82) is 0 Å². The lowest BCUT2D eigenvalue weighted by molar-refractivity contribution is 0.0527. The number of carbonyl (C=O) groups is 1. The second-order valence-electron chi connectivity index (χ2n) is 7.58. The summed E-state index contributed by atoms with van der Waals surface area (Å²) in [6.07, 6.45) is 1.36. The number of nitrogens with zero attached hydrogens (tertiary/aromatic N) is 2. The number of halogens is 1. The quantitative estimate of drug-likeness (QED) is 0.264. The topological polar surface area (TPSA) is 85.8 Å². The number of carbonyl (C=O) groups excluding carboxylic acids is 1. The summed E-state index contributed by atoms with van der Waals surface area (Å²) in [7, 11) is -2.61. The van der Waals surface area contributed by atoms with Gasteiger partial charge in [0.2, 0.25) is 0 Å². The van der Waals surface area contributed by atoms with Crippen molar-refractivity contribution < 1.29 is 22.7 Å². The van der Waals surface area contributed by atoms with E-state index in [0.29, 0.717) is 16.7 Å². The van der Waals surface area contributed by atoms with Gasteiger partial charge in [0.15, 0.2) is 0 Å². The molecule has 0 N–H and O–H groups in total. The minimum Gasteiger partial charge on any atom is -0.497 e. The van der Waals surface area contributed by atoms with Crippen LogP contribution in [0.3, 0.4) is 0 Å². The van der Waals surface area contributed by atoms with Gasteiger partial charge >= 0.3 is 5.97 Å². The van der Waals surface area contributed by atoms with Gasteiger partial charge < -0.3 is 9.47 Å². The van der Waals surface area contributed by atoms with Gasteiger partial charge in [0.25, 0.3) is 10.0 Å². The number of rotatable bonds is 8. The van der Waals surface area contributed by atoms with Crippen LogP contribution in [0.4, 0.5) is 5.69 Å². The number of anilines is 1. The predicted molar refractivity (Wildman–Crippen MR) is 138 cm³/mol. The first-order valence-electron chi connectivity index (χ1n) is 10.8. The molecule has 180 valence electrons. The molecule has 7 nitrogen and oxygen atoms in total. The maximum Gasteiger partial charge on any atom is 0.341 e. The second kappa shape index (κ2) is 10.5. The molecular weight excluding hydrogens is 532 g/mol. The molecule has 4 aromatic rings. The first-order chi connectivity index (χ1) is 16.8. The standard InChI is InChI=1S/C26H23BrN2O5S/c1-3-34-26(30)23-16-28-24-15-19(27)9-14-22(24)25(23)29(17-18-7-5-4-6-8-18)35(31,32)21-12-10-20(33-2)11-13-21/h4-16H,3,17H2,1-2H3. The molecule has 0 aliphatic carbocycles. The highest BCUT2D eigenvalue weighted by molar-refractivity contribution is 9.10. The number of ether oxygens (including phenoxy) is 2. The lowest BCUT2D eigenvalue weighted by atomic mass is 10.1. The molecule has 0 atom stereocenters. The summed E-state index contributed by atoms with van der Waals surface area (Å²) < 4.78 is 40.6. The largest absolute Gasteiger partial charge is 0.497 e. The molecule has 35 heavy (non-hydrogen) atoms. The Morgan fingerprint density at radius 1 is 1.03 bits per heavy atom. The maximum atomic E-state index is 14.1. The zero-order valence-corrected chi connectivity index (χ0v) is 21.5. The summed E-state index contributed by atoms with van der Waals surface area (Å²) in [5.74, 6) is -0.118. The van der Waals surface area contributed by atoms with Gasteiger partial charge in [-0.1, -0.05) is 46.3 Å². The molecule has 0 saturated heterocycles. The molecule has 0 unspecified atom stereocenters. The molecule has 9 heteroatoms. The van der Waals surface area contributed by atoms with E-state index in [1.165, 1.54) is 29.7 Å². The smallest absolute Gasteiger partial charge is 0.341 e. The third kappa shape index (κ3) is 5.16. The monoisotopic (exact) mass is 554 g/mol. The first kappa shape index (κ1) is 24.7. The molecule has 0 amide bonds. The van der Waals surface area contributed by atoms with E-state index in [4.69, 9.17) is 9.47 Å². The fraction of sp³-hybridized carbons (Fsp3) is 0.154. The van der Waals surface area contributed by atoms with Crippen LogP contribution >= 0.6 is 15.9 Å². The Bertz CT molecular complexity index is 1460. The lowest BCUT2D eigenvalue weighted by Crippen LogP contribution is -2.32. The van der Waals surface area contributed by atoms with Crippen molar-refractivity contribution in [2.75, 3.05) is 18.0 Å². The minimum absolute atomic E-state index is 0.00319. The molecule has 0 spiro atoms. The molecule has 1 heterocycles. The Morgan fingerprint density at radius 2 is 1.74 bits per heavy atom. The van der Waals surface area contributed by atoms with E-state index in [1.807, 2.05) is 30.3 Å². The van der Waals surface area contributed by atoms with Crippen LogP contribution < -0.4 is 9.04 Å². The van der Waals surface area contributed by atoms with E-state index in [0.717, 1.165) is 10.0 Å². The van der Waals surface area contributed by atoms with Crippen molar-refractivity contribution in [3.8, 4) is 5.75 Å². The highest BCUT2D eigenvalue weighted by atomic mass is 79.9. The summed E-state index contributed by atoms with van der Waals surface area (Å²) >= 11 is 3.43. The molecule has 0 aliphatic rings. The Balaban J connectivity index is 2.00. The summed E-state index contributed by atoms with van der Waals surface area (Å²) in [4.78, 5) is 17.4. The van der Waals surface area contributed by atoms with Crippen molar-refractivity contribution in [2.24, 2.45) is 0 Å². The van der Waals surface area contributed by atoms with E-state index in [1.54, 1.807) is 37.3 Å². The van der Waals surface area contributed by atoms with Crippen LogP contribution in [0.1, 0.15) is 22.8 Å². The number of pyridine rings is 1. The molecule has 0 aliphatic heterocycles. The van der Waals surface area contributed by atoms with E-state index in [9.17, 15) is 13.2 Å². The number of esters is 1. The molecule has 0 radical (unpaired) electrons. The fourth-order valence-corrected chi connectivity index (χ4v) is 5.53. The van der Waals surface area contributed by atoms with Crippen molar-refractivity contribution in [3.63, 3.8) is 0 Å². The Morgan fingerprint density at radius 3 is 2.40 bits per heavy atom. The number of sulfonamides is 1. The van der Waals surface area contributed by atoms with Gasteiger partial charge in [0.1, 0.15) is 11.3 Å². The number of aromatic nitrogens is 1. The van der Waals surface area contributed by atoms with E-state index < -0.39 is 16.0 Å². The van der Waals surface area contributed by atoms with Gasteiger partial charge in [0.05, 0.1) is 36.4 Å². The molecule has 4 rings (SSSR count). The number of fused-ring (bicyclic) bond motifs is 1. The van der Waals surface area contributed by atoms with Crippen LogP contribution in [0, 0.1) is 0 Å². The van der Waals surface area contributed by atoms with Crippen LogP contribution in [-0.4, -0.2) is 33.1 Å². The van der Waals surface area contributed by atoms with Gasteiger partial charge in [0, 0.05) is 16.1 Å². The van der Waals surface area contributed by atoms with Crippen molar-refractivity contribution in [1.82, 2.24) is 4.98 Å². The van der Waals surface area contributed by atoms with E-state index in [2.05, 4.69) is 20.9 Å². The average molecular weight is 555 g/mol. The molecular formula is C26H23BrN2O5S. The number of benzene rings is 3. The van der Waals surface area contributed by atoms with Crippen LogP contribution in [0.15, 0.2) is 88.4 Å². The summed E-state index contributed by atoms with van der Waals surface area (Å²) in [5, 5.41) is 0.506. The number of hydrogen-bond acceptors (Lipinski definition) is 6. The Labute approximate surface area is 212 Å². The zero-order chi connectivity index (χ0) is 25.0. The van der Waals surface area contributed by atoms with Crippen LogP contribution in [0.5, 0.6) is 5.75 Å². The van der Waals surface area contributed by atoms with Crippen LogP contribution in [0.25, 0.3) is 10.9 Å². The molecule has 0 fully saturated rings. The molecule has 0 saturated carbocycles. The SMILES string of the molecule is CCOC(=O)c1cnc2cc(Br)ccc2c1N(Cc1ccccc1)S(=O)(=O)c1ccc(OC)cc1. The highest BCUT2D eigenvalue weighted by Crippen LogP contribution is 2.36. The normalized spacial score (nSPS) is 11.3. The van der Waals surface area contributed by atoms with Gasteiger partial charge in [-0.15, -0.1) is 0 Å². The summed E-state index contributed by atoms with van der Waals surface area (Å²) in [6.45, 7) is 1.83. The Hall–Kier alpha value is -3.43. The van der Waals surface area contributed by atoms with Gasteiger partial charge in [-0.2, -0.15) is 0 Å². The molecule has 3 aromatic carbocycles. The Kier molecular flexibility index (Phi) is 7.37. The summed E-state index contributed by atoms with van der Waals surface area (Å²) in [5.41, 5.74) is 1.56. The van der Waals surface area contributed by atoms with Crippen LogP contribution in [-0.2, 0) is 21.3 Å². The highest BCUT2D eigenvalue weighted by Gasteiger charge is 2.31.